The molecular weight excluding hydrogens is 387 g/mol. The van der Waals surface area contributed by atoms with Gasteiger partial charge < -0.3 is 0 Å². The standard InChI is InChI=1S/C18H12N2O2SSe/c21-17(15-7-4-10-23-15)19-12-8-9-14-16(11-12)24-20(18(14)22)13-5-2-1-3-6-13/h1-11H,(H,19,21). The van der Waals surface area contributed by atoms with Crippen molar-refractivity contribution in [3.05, 3.63) is 81.3 Å². The molecule has 0 radical (unpaired) electrons. The molecule has 0 saturated heterocycles. The Kier molecular flexibility index (Phi) is 3.94. The Balaban J connectivity index is 1.71. The van der Waals surface area contributed by atoms with Crippen molar-refractivity contribution in [2.24, 2.45) is 0 Å². The fourth-order valence-corrected chi connectivity index (χ4v) is 5.23. The van der Waals surface area contributed by atoms with Crippen LogP contribution in [0.5, 0.6) is 0 Å². The molecule has 2 aromatic carbocycles. The van der Waals surface area contributed by atoms with E-state index in [0.717, 1.165) is 15.6 Å². The van der Waals surface area contributed by atoms with Gasteiger partial charge in [-0.2, -0.15) is 0 Å². The third-order valence-electron chi connectivity index (χ3n) is 3.58. The first kappa shape index (κ1) is 15.1. The van der Waals surface area contributed by atoms with Gasteiger partial charge in [-0.1, -0.05) is 0 Å². The minimum atomic E-state index is -0.128. The average molecular weight is 399 g/mol. The summed E-state index contributed by atoms with van der Waals surface area (Å²) in [7, 11) is 0. The molecule has 6 heteroatoms. The molecule has 0 aliphatic heterocycles. The summed E-state index contributed by atoms with van der Waals surface area (Å²) in [5, 5.41) is 5.48. The number of anilines is 1. The van der Waals surface area contributed by atoms with E-state index in [9.17, 15) is 9.59 Å². The van der Waals surface area contributed by atoms with E-state index in [-0.39, 0.29) is 26.2 Å². The molecule has 0 saturated carbocycles. The quantitative estimate of drug-likeness (QED) is 0.537. The second kappa shape index (κ2) is 6.24. The summed E-state index contributed by atoms with van der Waals surface area (Å²) < 4.78 is 2.79. The van der Waals surface area contributed by atoms with Gasteiger partial charge in [-0.25, -0.2) is 0 Å². The SMILES string of the molecule is O=C(Nc1ccc2c(=O)n(-c3ccccc3)[se]c2c1)c1cccs1. The Morgan fingerprint density at radius 3 is 2.62 bits per heavy atom. The molecule has 0 unspecified atom stereocenters. The van der Waals surface area contributed by atoms with E-state index in [1.807, 2.05) is 51.4 Å². The van der Waals surface area contributed by atoms with Gasteiger partial charge in [0.15, 0.2) is 0 Å². The van der Waals surface area contributed by atoms with Crippen molar-refractivity contribution < 1.29 is 4.79 Å². The molecule has 4 rings (SSSR count). The number of rotatable bonds is 3. The van der Waals surface area contributed by atoms with Gasteiger partial charge in [-0.05, 0) is 0 Å². The van der Waals surface area contributed by atoms with Crippen LogP contribution in [-0.2, 0) is 0 Å². The predicted molar refractivity (Wildman–Crippen MR) is 98.8 cm³/mol. The van der Waals surface area contributed by atoms with Gasteiger partial charge in [-0.3, -0.25) is 0 Å². The van der Waals surface area contributed by atoms with Crippen LogP contribution in [0.25, 0.3) is 15.3 Å². The number of benzene rings is 2. The molecule has 1 amide bonds. The van der Waals surface area contributed by atoms with Crippen LogP contribution in [0.4, 0.5) is 5.69 Å². The summed E-state index contributed by atoms with van der Waals surface area (Å²) >= 11 is 1.28. The topological polar surface area (TPSA) is 51.1 Å². The number of aromatic nitrogens is 1. The molecule has 1 N–H and O–H groups in total. The van der Waals surface area contributed by atoms with Gasteiger partial charge >= 0.3 is 148 Å². The van der Waals surface area contributed by atoms with Crippen LogP contribution >= 0.6 is 11.3 Å². The zero-order valence-corrected chi connectivity index (χ0v) is 15.0. The van der Waals surface area contributed by atoms with Crippen LogP contribution in [-0.4, -0.2) is 24.2 Å². The molecule has 0 atom stereocenters. The molecule has 4 nitrogen and oxygen atoms in total. The molecule has 0 aliphatic rings. The van der Waals surface area contributed by atoms with Gasteiger partial charge in [0, 0.05) is 0 Å². The van der Waals surface area contributed by atoms with Crippen molar-refractivity contribution in [2.75, 3.05) is 5.32 Å². The maximum absolute atomic E-state index is 12.6. The first-order valence-corrected chi connectivity index (χ1v) is 9.79. The van der Waals surface area contributed by atoms with Crippen LogP contribution in [0.2, 0.25) is 0 Å². The van der Waals surface area contributed by atoms with Gasteiger partial charge in [-0.15, -0.1) is 0 Å². The van der Waals surface area contributed by atoms with E-state index < -0.39 is 0 Å². The number of hydrogen-bond donors (Lipinski definition) is 1. The third-order valence-corrected chi connectivity index (χ3v) is 6.74. The second-order valence-electron chi connectivity index (χ2n) is 5.17. The molecule has 118 valence electrons. The summed E-state index contributed by atoms with van der Waals surface area (Å²) in [6.07, 6.45) is 0. The van der Waals surface area contributed by atoms with Crippen molar-refractivity contribution in [2.45, 2.75) is 0 Å². The van der Waals surface area contributed by atoms with E-state index >= 15 is 0 Å². The molecule has 24 heavy (non-hydrogen) atoms. The van der Waals surface area contributed by atoms with Crippen molar-refractivity contribution in [3.8, 4) is 5.69 Å². The van der Waals surface area contributed by atoms with Crippen LogP contribution in [0, 0.1) is 0 Å². The summed E-state index contributed by atoms with van der Waals surface area (Å²) in [4.78, 5) is 25.4. The number of nitrogens with zero attached hydrogens (tertiary/aromatic N) is 1. The summed E-state index contributed by atoms with van der Waals surface area (Å²) in [6, 6.07) is 18.8. The molecule has 0 aliphatic carbocycles. The van der Waals surface area contributed by atoms with Crippen LogP contribution in [0.15, 0.2) is 70.8 Å². The monoisotopic (exact) mass is 400 g/mol. The molecule has 4 aromatic rings. The van der Waals surface area contributed by atoms with E-state index in [2.05, 4.69) is 5.32 Å². The summed E-state index contributed by atoms with van der Waals surface area (Å²) in [5.41, 5.74) is 1.65. The van der Waals surface area contributed by atoms with Crippen LogP contribution in [0.1, 0.15) is 9.67 Å². The van der Waals surface area contributed by atoms with Crippen molar-refractivity contribution in [3.63, 3.8) is 0 Å². The Bertz CT molecular complexity index is 1070. The number of nitrogens with one attached hydrogen (secondary N) is 1. The van der Waals surface area contributed by atoms with Gasteiger partial charge in [0.2, 0.25) is 0 Å². The number of thiophene rings is 1. The normalized spacial score (nSPS) is 10.8. The van der Waals surface area contributed by atoms with E-state index in [4.69, 9.17) is 0 Å². The molecule has 2 heterocycles. The summed E-state index contributed by atoms with van der Waals surface area (Å²) in [5.74, 6) is -0.123. The fourth-order valence-electron chi connectivity index (χ4n) is 2.44. The molecular formula is C18H12N2O2SSe. The van der Waals surface area contributed by atoms with Crippen molar-refractivity contribution in [1.29, 1.82) is 0 Å². The number of fused-ring (bicyclic) bond motifs is 1. The Labute approximate surface area is 148 Å². The Morgan fingerprint density at radius 2 is 1.88 bits per heavy atom. The number of para-hydroxylation sites is 1. The first-order chi connectivity index (χ1) is 11.7. The molecule has 0 bridgehead atoms. The second-order valence-corrected chi connectivity index (χ2v) is 8.19. The molecule has 0 fully saturated rings. The van der Waals surface area contributed by atoms with Gasteiger partial charge in [0.05, 0.1) is 0 Å². The third kappa shape index (κ3) is 2.76. The zero-order valence-electron chi connectivity index (χ0n) is 12.4. The van der Waals surface area contributed by atoms with Gasteiger partial charge in [0.1, 0.15) is 0 Å². The van der Waals surface area contributed by atoms with Crippen molar-refractivity contribution in [1.82, 2.24) is 3.56 Å². The molecule has 0 spiro atoms. The van der Waals surface area contributed by atoms with Gasteiger partial charge in [0.25, 0.3) is 0 Å². The van der Waals surface area contributed by atoms with Crippen LogP contribution in [0.3, 0.4) is 0 Å². The number of hydrogen-bond acceptors (Lipinski definition) is 3. The summed E-state index contributed by atoms with van der Waals surface area (Å²) in [6.45, 7) is 0. The number of carbonyl (C=O) groups is 1. The average Bonchev–Trinajstić information content (AvgIpc) is 3.24. The van der Waals surface area contributed by atoms with E-state index in [1.54, 1.807) is 18.2 Å². The Hall–Kier alpha value is -2.40. The zero-order chi connectivity index (χ0) is 16.5. The maximum atomic E-state index is 12.6. The minimum absolute atomic E-state index is 0.0207. The van der Waals surface area contributed by atoms with E-state index in [1.165, 1.54) is 11.3 Å². The molecule has 2 aromatic heterocycles. The first-order valence-electron chi connectivity index (χ1n) is 7.29. The van der Waals surface area contributed by atoms with Crippen molar-refractivity contribution >= 4 is 47.3 Å². The number of carbonyl (C=O) groups excluding carboxylic acids is 1. The Morgan fingerprint density at radius 1 is 1.04 bits per heavy atom. The van der Waals surface area contributed by atoms with E-state index in [0.29, 0.717) is 10.3 Å². The number of amides is 1. The van der Waals surface area contributed by atoms with Crippen LogP contribution < -0.4 is 10.9 Å². The fraction of sp³-hybridized carbons (Fsp3) is 0. The predicted octanol–water partition coefficient (Wildman–Crippen LogP) is 3.36.